The van der Waals surface area contributed by atoms with E-state index in [1.807, 2.05) is 28.8 Å². The van der Waals surface area contributed by atoms with Crippen molar-refractivity contribution in [3.8, 4) is 0 Å². The first-order valence-corrected chi connectivity index (χ1v) is 7.09. The van der Waals surface area contributed by atoms with Gasteiger partial charge in [-0.2, -0.15) is 0 Å². The van der Waals surface area contributed by atoms with Crippen molar-refractivity contribution in [2.45, 2.75) is 16.3 Å². The molecule has 0 radical (unpaired) electrons. The summed E-state index contributed by atoms with van der Waals surface area (Å²) in [5, 5.41) is 9.99. The zero-order chi connectivity index (χ0) is 13.4. The number of carboxylic acids is 1. The van der Waals surface area contributed by atoms with Gasteiger partial charge in [0.25, 0.3) is 0 Å². The van der Waals surface area contributed by atoms with Gasteiger partial charge in [0.15, 0.2) is 4.34 Å². The van der Waals surface area contributed by atoms with Crippen molar-refractivity contribution in [2.24, 2.45) is 0 Å². The van der Waals surface area contributed by atoms with Gasteiger partial charge in [-0.05, 0) is 30.8 Å². The van der Waals surface area contributed by atoms with Crippen LogP contribution in [0.1, 0.15) is 15.4 Å². The Balaban J connectivity index is 1.99. The van der Waals surface area contributed by atoms with Gasteiger partial charge >= 0.3 is 5.97 Å². The third kappa shape index (κ3) is 2.22. The summed E-state index contributed by atoms with van der Waals surface area (Å²) in [5.74, 6) is -0.928. The second-order valence-electron chi connectivity index (χ2n) is 3.82. The van der Waals surface area contributed by atoms with Crippen molar-refractivity contribution in [3.63, 3.8) is 0 Å². The summed E-state index contributed by atoms with van der Waals surface area (Å²) in [4.78, 5) is 19.8. The molecule has 3 aromatic rings. The third-order valence-corrected chi connectivity index (χ3v) is 4.80. The highest BCUT2D eigenvalue weighted by molar-refractivity contribution is 8.01. The maximum absolute atomic E-state index is 11.0. The Morgan fingerprint density at radius 2 is 2.32 bits per heavy atom. The van der Waals surface area contributed by atoms with Gasteiger partial charge in [-0.3, -0.25) is 4.40 Å². The number of carboxylic acid groups (broad SMARTS) is 1. The summed E-state index contributed by atoms with van der Waals surface area (Å²) >= 11 is 2.63. The van der Waals surface area contributed by atoms with Crippen LogP contribution >= 0.6 is 23.1 Å². The minimum absolute atomic E-state index is 0.292. The Labute approximate surface area is 116 Å². The molecule has 0 spiro atoms. The molecule has 0 fully saturated rings. The van der Waals surface area contributed by atoms with Crippen LogP contribution in [0.25, 0.3) is 5.65 Å². The fourth-order valence-electron chi connectivity index (χ4n) is 1.71. The van der Waals surface area contributed by atoms with Crippen molar-refractivity contribution in [1.82, 2.24) is 14.4 Å². The highest BCUT2D eigenvalue weighted by atomic mass is 32.2. The number of aromatic nitrogens is 3. The molecule has 3 aromatic heterocycles. The number of hydrogen-bond donors (Lipinski definition) is 1. The van der Waals surface area contributed by atoms with E-state index in [1.54, 1.807) is 13.1 Å². The highest BCUT2D eigenvalue weighted by Crippen LogP contribution is 2.33. The maximum atomic E-state index is 11.0. The maximum Gasteiger partial charge on any atom is 0.347 e. The third-order valence-electron chi connectivity index (χ3n) is 2.55. The van der Waals surface area contributed by atoms with Crippen LogP contribution in [0.5, 0.6) is 0 Å². The lowest BCUT2D eigenvalue weighted by atomic mass is 10.4. The van der Waals surface area contributed by atoms with Crippen molar-refractivity contribution < 1.29 is 9.90 Å². The largest absolute Gasteiger partial charge is 0.477 e. The summed E-state index contributed by atoms with van der Waals surface area (Å²) in [7, 11) is 0. The molecule has 0 saturated carbocycles. The number of hydrogen-bond acceptors (Lipinski definition) is 5. The fraction of sp³-hybridized carbons (Fsp3) is 0.0833. The topological polar surface area (TPSA) is 67.5 Å². The Hall–Kier alpha value is -1.86. The summed E-state index contributed by atoms with van der Waals surface area (Å²) < 4.78 is 2.66. The fourth-order valence-corrected chi connectivity index (χ4v) is 3.78. The number of aromatic carboxylic acids is 1. The van der Waals surface area contributed by atoms with E-state index in [9.17, 15) is 4.79 Å². The van der Waals surface area contributed by atoms with Gasteiger partial charge in [0, 0.05) is 12.4 Å². The summed E-state index contributed by atoms with van der Waals surface area (Å²) in [6, 6.07) is 5.79. The van der Waals surface area contributed by atoms with Crippen LogP contribution in [0.15, 0.2) is 40.0 Å². The molecule has 0 aliphatic rings. The zero-order valence-electron chi connectivity index (χ0n) is 9.90. The van der Waals surface area contributed by atoms with E-state index >= 15 is 0 Å². The lowest BCUT2D eigenvalue weighted by Gasteiger charge is -2.01. The van der Waals surface area contributed by atoms with E-state index in [-0.39, 0.29) is 0 Å². The number of aryl methyl sites for hydroxylation is 1. The number of pyridine rings is 1. The van der Waals surface area contributed by atoms with E-state index in [0.29, 0.717) is 10.6 Å². The summed E-state index contributed by atoms with van der Waals surface area (Å²) in [6.45, 7) is 1.71. The van der Waals surface area contributed by atoms with E-state index in [0.717, 1.165) is 15.0 Å². The molecule has 3 heterocycles. The van der Waals surface area contributed by atoms with Crippen LogP contribution in [0.4, 0.5) is 0 Å². The quantitative estimate of drug-likeness (QED) is 0.803. The Morgan fingerprint density at radius 3 is 3.05 bits per heavy atom. The normalized spacial score (nSPS) is 11.0. The van der Waals surface area contributed by atoms with Gasteiger partial charge in [0.1, 0.15) is 10.5 Å². The standard InChI is InChI=1S/C12H9N3O2S2/c1-7-10(11(16)17)19-12(14-7)18-9-4-2-3-8-13-5-6-15(8)9/h2-6H,1H3,(H,16,17). The first-order chi connectivity index (χ1) is 9.15. The summed E-state index contributed by atoms with van der Waals surface area (Å²) in [5.41, 5.74) is 1.41. The lowest BCUT2D eigenvalue weighted by Crippen LogP contribution is -1.94. The number of rotatable bonds is 3. The van der Waals surface area contributed by atoms with Crippen LogP contribution in [0, 0.1) is 6.92 Å². The molecule has 0 unspecified atom stereocenters. The minimum Gasteiger partial charge on any atom is -0.477 e. The molecule has 0 bridgehead atoms. The van der Waals surface area contributed by atoms with Crippen molar-refractivity contribution in [3.05, 3.63) is 41.2 Å². The van der Waals surface area contributed by atoms with Crippen molar-refractivity contribution in [2.75, 3.05) is 0 Å². The van der Waals surface area contributed by atoms with E-state index in [2.05, 4.69) is 9.97 Å². The molecule has 0 atom stereocenters. The molecule has 7 heteroatoms. The van der Waals surface area contributed by atoms with Gasteiger partial charge in [-0.25, -0.2) is 14.8 Å². The average molecular weight is 291 g/mol. The number of carbonyl (C=O) groups is 1. The molecule has 5 nitrogen and oxygen atoms in total. The van der Waals surface area contributed by atoms with Gasteiger partial charge in [-0.1, -0.05) is 17.4 Å². The molecular formula is C12H9N3O2S2. The smallest absolute Gasteiger partial charge is 0.347 e. The average Bonchev–Trinajstić information content (AvgIpc) is 2.96. The number of imidazole rings is 1. The van der Waals surface area contributed by atoms with Crippen molar-refractivity contribution >= 4 is 34.7 Å². The van der Waals surface area contributed by atoms with E-state index in [1.165, 1.54) is 23.1 Å². The van der Waals surface area contributed by atoms with Gasteiger partial charge in [-0.15, -0.1) is 0 Å². The molecule has 3 rings (SSSR count). The molecular weight excluding hydrogens is 282 g/mol. The van der Waals surface area contributed by atoms with Crippen LogP contribution < -0.4 is 0 Å². The number of thiazole rings is 1. The first kappa shape index (κ1) is 12.2. The Morgan fingerprint density at radius 1 is 1.47 bits per heavy atom. The molecule has 96 valence electrons. The van der Waals surface area contributed by atoms with Crippen LogP contribution in [-0.4, -0.2) is 25.4 Å². The lowest BCUT2D eigenvalue weighted by molar-refractivity contribution is 0.0701. The second kappa shape index (κ2) is 4.67. The first-order valence-electron chi connectivity index (χ1n) is 5.46. The number of nitrogens with zero attached hydrogens (tertiary/aromatic N) is 3. The van der Waals surface area contributed by atoms with Crippen LogP contribution in [0.3, 0.4) is 0 Å². The SMILES string of the molecule is Cc1nc(Sc2cccc3nccn23)sc1C(=O)O. The van der Waals surface area contributed by atoms with E-state index < -0.39 is 5.97 Å². The van der Waals surface area contributed by atoms with Crippen LogP contribution in [0.2, 0.25) is 0 Å². The molecule has 1 N–H and O–H groups in total. The number of fused-ring (bicyclic) bond motifs is 1. The van der Waals surface area contributed by atoms with Gasteiger partial charge in [0.2, 0.25) is 0 Å². The Kier molecular flexibility index (Phi) is 3.00. The predicted molar refractivity (Wildman–Crippen MR) is 73.1 cm³/mol. The highest BCUT2D eigenvalue weighted by Gasteiger charge is 2.15. The molecule has 0 aromatic carbocycles. The van der Waals surface area contributed by atoms with E-state index in [4.69, 9.17) is 5.11 Å². The zero-order valence-corrected chi connectivity index (χ0v) is 11.5. The second-order valence-corrected chi connectivity index (χ2v) is 6.09. The molecule has 0 amide bonds. The molecule has 0 aliphatic carbocycles. The molecule has 19 heavy (non-hydrogen) atoms. The summed E-state index contributed by atoms with van der Waals surface area (Å²) in [6.07, 6.45) is 3.60. The predicted octanol–water partition coefficient (Wildman–Crippen LogP) is 2.95. The molecule has 0 saturated heterocycles. The van der Waals surface area contributed by atoms with Crippen molar-refractivity contribution in [1.29, 1.82) is 0 Å². The van der Waals surface area contributed by atoms with Gasteiger partial charge in [0.05, 0.1) is 10.7 Å². The molecule has 0 aliphatic heterocycles. The van der Waals surface area contributed by atoms with Gasteiger partial charge < -0.3 is 5.11 Å². The monoisotopic (exact) mass is 291 g/mol. The Bertz CT molecular complexity index is 763. The van der Waals surface area contributed by atoms with Crippen LogP contribution in [-0.2, 0) is 0 Å². The minimum atomic E-state index is -0.928.